The number of aliphatic hydroxyl groups excluding tert-OH is 1. The van der Waals surface area contributed by atoms with Crippen molar-refractivity contribution in [2.45, 2.75) is 30.8 Å². The van der Waals surface area contributed by atoms with Gasteiger partial charge < -0.3 is 5.11 Å². The number of aliphatic hydroxyl groups is 1. The van der Waals surface area contributed by atoms with Gasteiger partial charge in [0.2, 0.25) is 10.0 Å². The number of hydrogen-bond acceptors (Lipinski definition) is 3. The van der Waals surface area contributed by atoms with Crippen LogP contribution in [0.4, 0.5) is 4.39 Å². The molecule has 0 bridgehead atoms. The number of rotatable bonds is 3. The van der Waals surface area contributed by atoms with Gasteiger partial charge in [-0.25, -0.2) is 12.8 Å². The number of piperidine rings is 1. The SMILES string of the molecule is CC(O)C1CCN(S(=O)(=O)c2ccc(F)c(Cl)c2)CC1. The predicted molar refractivity (Wildman–Crippen MR) is 74.6 cm³/mol. The molecular formula is C13H17ClFNO3S. The highest BCUT2D eigenvalue weighted by Crippen LogP contribution is 2.27. The normalized spacial score (nSPS) is 20.0. The third kappa shape index (κ3) is 3.14. The van der Waals surface area contributed by atoms with Crippen molar-refractivity contribution in [3.63, 3.8) is 0 Å². The van der Waals surface area contributed by atoms with Crippen LogP contribution in [0.1, 0.15) is 19.8 Å². The molecule has 1 saturated heterocycles. The molecule has 1 heterocycles. The summed E-state index contributed by atoms with van der Waals surface area (Å²) in [7, 11) is -3.65. The summed E-state index contributed by atoms with van der Waals surface area (Å²) < 4.78 is 39.3. The fourth-order valence-electron chi connectivity index (χ4n) is 2.38. The number of halogens is 2. The molecule has 0 radical (unpaired) electrons. The first-order valence-electron chi connectivity index (χ1n) is 6.45. The molecule has 1 fully saturated rings. The van der Waals surface area contributed by atoms with E-state index in [2.05, 4.69) is 0 Å². The first-order chi connectivity index (χ1) is 9.32. The summed E-state index contributed by atoms with van der Waals surface area (Å²) in [5, 5.41) is 9.32. The summed E-state index contributed by atoms with van der Waals surface area (Å²) in [6.07, 6.45) is 0.803. The van der Waals surface area contributed by atoms with Crippen LogP contribution in [-0.4, -0.2) is 37.0 Å². The Labute approximate surface area is 123 Å². The first-order valence-corrected chi connectivity index (χ1v) is 8.27. The molecule has 1 aliphatic rings. The maximum atomic E-state index is 13.1. The van der Waals surface area contributed by atoms with E-state index in [1.54, 1.807) is 6.92 Å². The van der Waals surface area contributed by atoms with Gasteiger partial charge in [-0.1, -0.05) is 11.6 Å². The summed E-state index contributed by atoms with van der Waals surface area (Å²) >= 11 is 5.63. The molecule has 2 rings (SSSR count). The Morgan fingerprint density at radius 1 is 1.40 bits per heavy atom. The lowest BCUT2D eigenvalue weighted by Gasteiger charge is -2.32. The Hall–Kier alpha value is -0.690. The molecule has 0 amide bonds. The first kappa shape index (κ1) is 15.7. The van der Waals surface area contributed by atoms with E-state index in [4.69, 9.17) is 11.6 Å². The molecule has 112 valence electrons. The molecule has 0 spiro atoms. The van der Waals surface area contributed by atoms with Crippen LogP contribution in [0.5, 0.6) is 0 Å². The average molecular weight is 322 g/mol. The molecule has 1 N–H and O–H groups in total. The molecular weight excluding hydrogens is 305 g/mol. The van der Waals surface area contributed by atoms with E-state index in [0.717, 1.165) is 12.1 Å². The Morgan fingerprint density at radius 3 is 2.50 bits per heavy atom. The molecule has 1 aliphatic heterocycles. The van der Waals surface area contributed by atoms with Gasteiger partial charge in [0.05, 0.1) is 16.0 Å². The third-order valence-electron chi connectivity index (χ3n) is 3.71. The fraction of sp³-hybridized carbons (Fsp3) is 0.538. The van der Waals surface area contributed by atoms with Crippen molar-refractivity contribution in [2.24, 2.45) is 5.92 Å². The van der Waals surface area contributed by atoms with E-state index < -0.39 is 21.9 Å². The lowest BCUT2D eigenvalue weighted by atomic mass is 9.93. The molecule has 0 saturated carbocycles. The smallest absolute Gasteiger partial charge is 0.243 e. The van der Waals surface area contributed by atoms with Crippen LogP contribution >= 0.6 is 11.6 Å². The summed E-state index contributed by atoms with van der Waals surface area (Å²) in [5.74, 6) is -0.517. The Bertz CT molecular complexity index is 583. The topological polar surface area (TPSA) is 57.6 Å². The highest BCUT2D eigenvalue weighted by atomic mass is 35.5. The van der Waals surface area contributed by atoms with Crippen LogP contribution in [0.15, 0.2) is 23.1 Å². The molecule has 0 aromatic heterocycles. The van der Waals surface area contributed by atoms with Gasteiger partial charge in [0.25, 0.3) is 0 Å². The van der Waals surface area contributed by atoms with Gasteiger partial charge in [0.1, 0.15) is 5.82 Å². The van der Waals surface area contributed by atoms with Gasteiger partial charge in [0, 0.05) is 13.1 Å². The minimum absolute atomic E-state index is 0.000558. The van der Waals surface area contributed by atoms with Crippen LogP contribution in [0.25, 0.3) is 0 Å². The summed E-state index contributed by atoms with van der Waals surface area (Å²) in [4.78, 5) is -0.000558. The molecule has 1 atom stereocenters. The lowest BCUT2D eigenvalue weighted by molar-refractivity contribution is 0.0912. The van der Waals surface area contributed by atoms with Crippen molar-refractivity contribution in [2.75, 3.05) is 13.1 Å². The minimum atomic E-state index is -3.65. The quantitative estimate of drug-likeness (QED) is 0.929. The summed E-state index contributed by atoms with van der Waals surface area (Å²) in [6.45, 7) is 2.42. The number of sulfonamides is 1. The minimum Gasteiger partial charge on any atom is -0.393 e. The maximum absolute atomic E-state index is 13.1. The standard InChI is InChI=1S/C13H17ClFNO3S/c1-9(17)10-4-6-16(7-5-10)20(18,19)11-2-3-13(15)12(14)8-11/h2-3,8-10,17H,4-7H2,1H3. The molecule has 0 aliphatic carbocycles. The van der Waals surface area contributed by atoms with Crippen molar-refractivity contribution in [3.8, 4) is 0 Å². The Morgan fingerprint density at radius 2 is 2.00 bits per heavy atom. The van der Waals surface area contributed by atoms with Crippen molar-refractivity contribution in [3.05, 3.63) is 29.0 Å². The number of benzene rings is 1. The third-order valence-corrected chi connectivity index (χ3v) is 5.89. The molecule has 1 unspecified atom stereocenters. The van der Waals surface area contributed by atoms with Crippen LogP contribution < -0.4 is 0 Å². The van der Waals surface area contributed by atoms with Crippen LogP contribution in [-0.2, 0) is 10.0 Å². The van der Waals surface area contributed by atoms with Crippen molar-refractivity contribution in [1.29, 1.82) is 0 Å². The van der Waals surface area contributed by atoms with Crippen LogP contribution in [0, 0.1) is 11.7 Å². The van der Waals surface area contributed by atoms with Gasteiger partial charge >= 0.3 is 0 Å². The monoisotopic (exact) mass is 321 g/mol. The van der Waals surface area contributed by atoms with Gasteiger partial charge in [-0.2, -0.15) is 4.31 Å². The van der Waals surface area contributed by atoms with E-state index in [1.165, 1.54) is 10.4 Å². The molecule has 1 aromatic carbocycles. The number of nitrogens with zero attached hydrogens (tertiary/aromatic N) is 1. The van der Waals surface area contributed by atoms with E-state index in [0.29, 0.717) is 25.9 Å². The molecule has 7 heteroatoms. The van der Waals surface area contributed by atoms with E-state index in [-0.39, 0.29) is 15.8 Å². The van der Waals surface area contributed by atoms with Crippen molar-refractivity contribution in [1.82, 2.24) is 4.31 Å². The predicted octanol–water partition coefficient (Wildman–Crippen LogP) is 2.26. The molecule has 20 heavy (non-hydrogen) atoms. The molecule has 1 aromatic rings. The fourth-order valence-corrected chi connectivity index (χ4v) is 4.13. The Kier molecular flexibility index (Phi) is 4.69. The number of hydrogen-bond donors (Lipinski definition) is 1. The van der Waals surface area contributed by atoms with Crippen molar-refractivity contribution < 1.29 is 17.9 Å². The highest BCUT2D eigenvalue weighted by molar-refractivity contribution is 7.89. The van der Waals surface area contributed by atoms with E-state index >= 15 is 0 Å². The van der Waals surface area contributed by atoms with Gasteiger partial charge in [0.15, 0.2) is 0 Å². The lowest BCUT2D eigenvalue weighted by Crippen LogP contribution is -2.40. The van der Waals surface area contributed by atoms with Gasteiger partial charge in [-0.3, -0.25) is 0 Å². The second kappa shape index (κ2) is 5.97. The van der Waals surface area contributed by atoms with Crippen LogP contribution in [0.2, 0.25) is 5.02 Å². The van der Waals surface area contributed by atoms with Crippen molar-refractivity contribution >= 4 is 21.6 Å². The van der Waals surface area contributed by atoms with E-state index in [1.807, 2.05) is 0 Å². The van der Waals surface area contributed by atoms with Crippen LogP contribution in [0.3, 0.4) is 0 Å². The summed E-state index contributed by atoms with van der Waals surface area (Å²) in [6, 6.07) is 3.40. The van der Waals surface area contributed by atoms with E-state index in [9.17, 15) is 17.9 Å². The zero-order valence-electron chi connectivity index (χ0n) is 11.1. The van der Waals surface area contributed by atoms with Gasteiger partial charge in [-0.05, 0) is 43.9 Å². The highest BCUT2D eigenvalue weighted by Gasteiger charge is 2.31. The Balaban J connectivity index is 2.17. The zero-order valence-corrected chi connectivity index (χ0v) is 12.7. The average Bonchev–Trinajstić information content (AvgIpc) is 2.41. The van der Waals surface area contributed by atoms with Gasteiger partial charge in [-0.15, -0.1) is 0 Å². The second-order valence-electron chi connectivity index (χ2n) is 5.06. The largest absolute Gasteiger partial charge is 0.393 e. The second-order valence-corrected chi connectivity index (χ2v) is 7.40. The summed E-state index contributed by atoms with van der Waals surface area (Å²) in [5.41, 5.74) is 0. The zero-order chi connectivity index (χ0) is 14.9. The maximum Gasteiger partial charge on any atom is 0.243 e. The molecule has 4 nitrogen and oxygen atoms in total.